The summed E-state index contributed by atoms with van der Waals surface area (Å²) in [6.07, 6.45) is 0. The van der Waals surface area contributed by atoms with Crippen molar-refractivity contribution in [1.29, 1.82) is 0 Å². The van der Waals surface area contributed by atoms with Crippen LogP contribution in [0.15, 0.2) is 54.6 Å². The zero-order valence-electron chi connectivity index (χ0n) is 11.9. The third-order valence-corrected chi connectivity index (χ3v) is 3.64. The summed E-state index contributed by atoms with van der Waals surface area (Å²) in [5.41, 5.74) is 3.14. The van der Waals surface area contributed by atoms with Gasteiger partial charge in [-0.15, -0.1) is 0 Å². The summed E-state index contributed by atoms with van der Waals surface area (Å²) in [4.78, 5) is 7.40. The summed E-state index contributed by atoms with van der Waals surface area (Å²) in [6.45, 7) is 2.05. The molecule has 0 amide bonds. The van der Waals surface area contributed by atoms with E-state index in [9.17, 15) is 0 Å². The second-order valence-electron chi connectivity index (χ2n) is 4.71. The SMILES string of the molecule is Cc1ccc(-n2c(-c3ccccc3)nc(=S)[nH]c2=S)cc1.O. The molecule has 0 aliphatic rings. The van der Waals surface area contributed by atoms with Gasteiger partial charge < -0.3 is 10.5 Å². The lowest BCUT2D eigenvalue weighted by atomic mass is 10.2. The van der Waals surface area contributed by atoms with Crippen molar-refractivity contribution < 1.29 is 5.48 Å². The number of rotatable bonds is 2. The molecule has 0 atom stereocenters. The largest absolute Gasteiger partial charge is 0.412 e. The molecule has 6 heteroatoms. The van der Waals surface area contributed by atoms with Crippen LogP contribution in [-0.4, -0.2) is 20.0 Å². The summed E-state index contributed by atoms with van der Waals surface area (Å²) < 4.78 is 2.83. The minimum absolute atomic E-state index is 0. The molecule has 0 aliphatic heterocycles. The van der Waals surface area contributed by atoms with Crippen LogP contribution in [0.4, 0.5) is 0 Å². The number of aryl methyl sites for hydroxylation is 1. The summed E-state index contributed by atoms with van der Waals surface area (Å²) in [5, 5.41) is 0. The molecule has 0 fully saturated rings. The number of nitrogens with one attached hydrogen (secondary N) is 1. The van der Waals surface area contributed by atoms with Crippen molar-refractivity contribution in [3.8, 4) is 17.1 Å². The Morgan fingerprint density at radius 1 is 0.955 bits per heavy atom. The predicted octanol–water partition coefficient (Wildman–Crippen LogP) is 3.81. The minimum atomic E-state index is 0. The summed E-state index contributed by atoms with van der Waals surface area (Å²) >= 11 is 10.6. The van der Waals surface area contributed by atoms with Gasteiger partial charge in [0.15, 0.2) is 4.77 Å². The third kappa shape index (κ3) is 3.19. The number of H-pyrrole nitrogens is 1. The first-order chi connectivity index (χ1) is 10.1. The Kier molecular flexibility index (Phi) is 4.97. The van der Waals surface area contributed by atoms with Gasteiger partial charge >= 0.3 is 0 Å². The smallest absolute Gasteiger partial charge is 0.201 e. The van der Waals surface area contributed by atoms with Crippen LogP contribution in [0.3, 0.4) is 0 Å². The molecule has 0 saturated carbocycles. The van der Waals surface area contributed by atoms with E-state index < -0.39 is 0 Å². The van der Waals surface area contributed by atoms with Crippen molar-refractivity contribution in [2.45, 2.75) is 6.92 Å². The van der Waals surface area contributed by atoms with Crippen LogP contribution in [0.25, 0.3) is 17.1 Å². The number of benzene rings is 2. The molecule has 0 saturated heterocycles. The van der Waals surface area contributed by atoms with Gasteiger partial charge in [-0.25, -0.2) is 4.98 Å². The van der Waals surface area contributed by atoms with Gasteiger partial charge in [0, 0.05) is 11.3 Å². The van der Waals surface area contributed by atoms with Gasteiger partial charge in [0.25, 0.3) is 0 Å². The van der Waals surface area contributed by atoms with Gasteiger partial charge in [-0.05, 0) is 43.5 Å². The molecular weight excluding hydrogens is 314 g/mol. The van der Waals surface area contributed by atoms with Crippen molar-refractivity contribution in [1.82, 2.24) is 14.5 Å². The van der Waals surface area contributed by atoms with E-state index in [-0.39, 0.29) is 5.48 Å². The molecule has 0 radical (unpaired) electrons. The lowest BCUT2D eigenvalue weighted by Crippen LogP contribution is -2.06. The Bertz CT molecular complexity index is 884. The molecule has 0 unspecified atom stereocenters. The third-order valence-electron chi connectivity index (χ3n) is 3.16. The zero-order valence-corrected chi connectivity index (χ0v) is 13.5. The molecule has 2 aromatic carbocycles. The van der Waals surface area contributed by atoms with Crippen LogP contribution in [0, 0.1) is 16.5 Å². The molecule has 0 aliphatic carbocycles. The molecule has 3 aromatic rings. The Balaban J connectivity index is 0.00000176. The number of aromatic amines is 1. The van der Waals surface area contributed by atoms with Gasteiger partial charge in [0.2, 0.25) is 4.77 Å². The first-order valence-corrected chi connectivity index (χ1v) is 7.32. The highest BCUT2D eigenvalue weighted by Gasteiger charge is 2.09. The van der Waals surface area contributed by atoms with E-state index in [2.05, 4.69) is 16.9 Å². The Labute approximate surface area is 138 Å². The molecule has 3 rings (SSSR count). The van der Waals surface area contributed by atoms with Crippen LogP contribution in [-0.2, 0) is 0 Å². The van der Waals surface area contributed by atoms with Crippen LogP contribution >= 0.6 is 24.4 Å². The second kappa shape index (κ2) is 6.74. The van der Waals surface area contributed by atoms with Crippen LogP contribution in [0.1, 0.15) is 5.56 Å². The standard InChI is InChI=1S/C16H13N3S2.H2O/c1-11-7-9-13(10-8-11)19-14(12-5-3-2-4-6-12)17-15(20)18-16(19)21;/h2-10H,1H3,(H,18,20,21);1H2. The monoisotopic (exact) mass is 329 g/mol. The lowest BCUT2D eigenvalue weighted by Gasteiger charge is -2.13. The minimum Gasteiger partial charge on any atom is -0.412 e. The van der Waals surface area contributed by atoms with E-state index in [0.717, 1.165) is 17.1 Å². The maximum atomic E-state index is 5.44. The highest BCUT2D eigenvalue weighted by atomic mass is 32.1. The van der Waals surface area contributed by atoms with Crippen molar-refractivity contribution in [3.63, 3.8) is 0 Å². The van der Waals surface area contributed by atoms with E-state index in [0.29, 0.717) is 9.54 Å². The highest BCUT2D eigenvalue weighted by Crippen LogP contribution is 2.21. The molecule has 1 heterocycles. The van der Waals surface area contributed by atoms with Gasteiger partial charge in [-0.1, -0.05) is 48.0 Å². The van der Waals surface area contributed by atoms with Gasteiger partial charge in [-0.3, -0.25) is 4.57 Å². The van der Waals surface area contributed by atoms with Crippen LogP contribution in [0.5, 0.6) is 0 Å². The summed E-state index contributed by atoms with van der Waals surface area (Å²) in [5.74, 6) is 0.744. The first kappa shape index (κ1) is 16.2. The average molecular weight is 329 g/mol. The van der Waals surface area contributed by atoms with Crippen molar-refractivity contribution in [2.75, 3.05) is 0 Å². The molecular formula is C16H15N3OS2. The van der Waals surface area contributed by atoms with Gasteiger partial charge in [0.1, 0.15) is 5.82 Å². The topological polar surface area (TPSA) is 65.1 Å². The zero-order chi connectivity index (χ0) is 14.8. The van der Waals surface area contributed by atoms with E-state index in [4.69, 9.17) is 24.4 Å². The van der Waals surface area contributed by atoms with Crippen LogP contribution in [0.2, 0.25) is 0 Å². The molecule has 112 valence electrons. The van der Waals surface area contributed by atoms with Gasteiger partial charge in [-0.2, -0.15) is 0 Å². The molecule has 0 bridgehead atoms. The molecule has 3 N–H and O–H groups in total. The number of hydrogen-bond donors (Lipinski definition) is 1. The van der Waals surface area contributed by atoms with Crippen LogP contribution < -0.4 is 0 Å². The molecule has 4 nitrogen and oxygen atoms in total. The number of hydrogen-bond acceptors (Lipinski definition) is 3. The fourth-order valence-electron chi connectivity index (χ4n) is 2.13. The molecule has 0 spiro atoms. The molecule has 1 aromatic heterocycles. The Hall–Kier alpha value is -2.15. The normalized spacial score (nSPS) is 10.0. The maximum absolute atomic E-state index is 5.44. The Morgan fingerprint density at radius 2 is 1.59 bits per heavy atom. The van der Waals surface area contributed by atoms with E-state index in [1.54, 1.807) is 0 Å². The highest BCUT2D eigenvalue weighted by molar-refractivity contribution is 7.71. The van der Waals surface area contributed by atoms with Crippen molar-refractivity contribution in [3.05, 3.63) is 69.7 Å². The number of nitrogens with zero attached hydrogens (tertiary/aromatic N) is 2. The van der Waals surface area contributed by atoms with E-state index >= 15 is 0 Å². The van der Waals surface area contributed by atoms with Crippen molar-refractivity contribution >= 4 is 24.4 Å². The van der Waals surface area contributed by atoms with E-state index in [1.165, 1.54) is 5.56 Å². The first-order valence-electron chi connectivity index (χ1n) is 6.51. The maximum Gasteiger partial charge on any atom is 0.201 e. The van der Waals surface area contributed by atoms with E-state index in [1.807, 2.05) is 59.2 Å². The fraction of sp³-hybridized carbons (Fsp3) is 0.0625. The van der Waals surface area contributed by atoms with Gasteiger partial charge in [0.05, 0.1) is 0 Å². The summed E-state index contributed by atoms with van der Waals surface area (Å²) in [6, 6.07) is 18.1. The predicted molar refractivity (Wildman–Crippen MR) is 93.4 cm³/mol. The number of aromatic nitrogens is 3. The quantitative estimate of drug-likeness (QED) is 0.727. The van der Waals surface area contributed by atoms with Crippen molar-refractivity contribution in [2.24, 2.45) is 0 Å². The lowest BCUT2D eigenvalue weighted by molar-refractivity contribution is 0.824. The second-order valence-corrected chi connectivity index (χ2v) is 5.48. The fourth-order valence-corrected chi connectivity index (χ4v) is 2.67. The molecule has 22 heavy (non-hydrogen) atoms. The average Bonchev–Trinajstić information content (AvgIpc) is 2.49. The Morgan fingerprint density at radius 3 is 2.23 bits per heavy atom. The summed E-state index contributed by atoms with van der Waals surface area (Å²) in [7, 11) is 0.